The van der Waals surface area contributed by atoms with Crippen LogP contribution < -0.4 is 10.6 Å². The van der Waals surface area contributed by atoms with Crippen molar-refractivity contribution in [2.75, 3.05) is 13.6 Å². The van der Waals surface area contributed by atoms with Crippen molar-refractivity contribution in [3.05, 3.63) is 35.4 Å². The van der Waals surface area contributed by atoms with E-state index in [0.717, 1.165) is 18.6 Å². The van der Waals surface area contributed by atoms with Crippen molar-refractivity contribution in [1.29, 1.82) is 0 Å². The smallest absolute Gasteiger partial charge is 0.345 e. The number of alkyl halides is 3. The summed E-state index contributed by atoms with van der Waals surface area (Å²) < 4.78 is 38.3. The number of nitrogens with one attached hydrogen (secondary N) is 2. The van der Waals surface area contributed by atoms with Crippen LogP contribution in [0, 0.1) is 0 Å². The lowest BCUT2D eigenvalue weighted by molar-refractivity contribution is -0.137. The Hall–Kier alpha value is -1.27. The summed E-state index contributed by atoms with van der Waals surface area (Å²) in [7, 11) is 1.65. The van der Waals surface area contributed by atoms with Crippen molar-refractivity contribution in [1.82, 2.24) is 10.6 Å². The van der Waals surface area contributed by atoms with Crippen LogP contribution in [0.3, 0.4) is 0 Å². The van der Waals surface area contributed by atoms with Crippen molar-refractivity contribution in [2.24, 2.45) is 0 Å². The zero-order chi connectivity index (χ0) is 14.8. The molecule has 3 nitrogen and oxygen atoms in total. The van der Waals surface area contributed by atoms with Gasteiger partial charge in [0.05, 0.1) is 17.6 Å². The van der Waals surface area contributed by atoms with Gasteiger partial charge in [-0.15, -0.1) is 12.4 Å². The molecule has 7 heteroatoms. The Labute approximate surface area is 127 Å². The van der Waals surface area contributed by atoms with E-state index >= 15 is 0 Å². The highest BCUT2D eigenvalue weighted by Gasteiger charge is 2.41. The highest BCUT2D eigenvalue weighted by atomic mass is 35.5. The van der Waals surface area contributed by atoms with Crippen LogP contribution in [0.25, 0.3) is 0 Å². The first-order chi connectivity index (χ1) is 9.37. The number of carbonyl (C=O) groups is 1. The molecule has 1 aromatic carbocycles. The lowest BCUT2D eigenvalue weighted by atomic mass is 9.71. The van der Waals surface area contributed by atoms with E-state index in [2.05, 4.69) is 10.6 Å². The summed E-state index contributed by atoms with van der Waals surface area (Å²) in [4.78, 5) is 11.7. The van der Waals surface area contributed by atoms with Gasteiger partial charge in [0.2, 0.25) is 5.91 Å². The first-order valence-corrected chi connectivity index (χ1v) is 6.51. The summed E-state index contributed by atoms with van der Waals surface area (Å²) in [6.45, 7) is 0.153. The van der Waals surface area contributed by atoms with Gasteiger partial charge in [-0.3, -0.25) is 4.79 Å². The van der Waals surface area contributed by atoms with Gasteiger partial charge in [0.25, 0.3) is 0 Å². The Morgan fingerprint density at radius 1 is 1.33 bits per heavy atom. The first-order valence-electron chi connectivity index (χ1n) is 6.51. The Bertz CT molecular complexity index is 501. The van der Waals surface area contributed by atoms with Gasteiger partial charge >= 0.3 is 6.18 Å². The number of likely N-dealkylation sites (N-methyl/N-ethyl adjacent to an activating group) is 1. The van der Waals surface area contributed by atoms with Crippen LogP contribution in [0.1, 0.15) is 30.4 Å². The van der Waals surface area contributed by atoms with Crippen molar-refractivity contribution < 1.29 is 18.0 Å². The second-order valence-corrected chi connectivity index (χ2v) is 5.09. The third kappa shape index (κ3) is 3.89. The van der Waals surface area contributed by atoms with E-state index in [1.165, 1.54) is 6.07 Å². The second-order valence-electron chi connectivity index (χ2n) is 5.09. The number of carbonyl (C=O) groups excluding carboxylic acids is 1. The standard InChI is InChI=1S/C14H17F3N2O.ClH/c1-18-9-12(20)19-13(6-3-7-13)10-4-2-5-11(8-10)14(15,16)17;/h2,4-5,8,18H,3,6-7,9H2,1H3,(H,19,20);1H. The summed E-state index contributed by atoms with van der Waals surface area (Å²) in [6.07, 6.45) is -2.13. The largest absolute Gasteiger partial charge is 0.416 e. The molecular weight excluding hydrogens is 305 g/mol. The summed E-state index contributed by atoms with van der Waals surface area (Å²) in [5.41, 5.74) is -0.790. The van der Waals surface area contributed by atoms with Crippen LogP contribution in [0.4, 0.5) is 13.2 Å². The Kier molecular flexibility index (Phi) is 5.64. The zero-order valence-electron chi connectivity index (χ0n) is 11.6. The van der Waals surface area contributed by atoms with E-state index in [1.54, 1.807) is 13.1 Å². The molecule has 0 aromatic heterocycles. The molecule has 0 atom stereocenters. The molecule has 0 aliphatic heterocycles. The van der Waals surface area contributed by atoms with Gasteiger partial charge in [0, 0.05) is 0 Å². The van der Waals surface area contributed by atoms with E-state index in [9.17, 15) is 18.0 Å². The highest BCUT2D eigenvalue weighted by Crippen LogP contribution is 2.42. The maximum atomic E-state index is 12.8. The fourth-order valence-corrected chi connectivity index (χ4v) is 2.48. The number of halogens is 4. The van der Waals surface area contributed by atoms with Gasteiger partial charge in [-0.2, -0.15) is 13.2 Å². The van der Waals surface area contributed by atoms with Crippen LogP contribution in [0.2, 0.25) is 0 Å². The third-order valence-electron chi connectivity index (χ3n) is 3.67. The molecule has 0 heterocycles. The number of rotatable bonds is 4. The molecule has 0 unspecified atom stereocenters. The molecular formula is C14H18ClF3N2O. The molecule has 21 heavy (non-hydrogen) atoms. The molecule has 1 aromatic rings. The quantitative estimate of drug-likeness (QED) is 0.895. The predicted molar refractivity (Wildman–Crippen MR) is 76.3 cm³/mol. The number of amides is 1. The average Bonchev–Trinajstić information content (AvgIpc) is 2.33. The molecule has 0 spiro atoms. The molecule has 0 radical (unpaired) electrons. The topological polar surface area (TPSA) is 41.1 Å². The van der Waals surface area contributed by atoms with Gasteiger partial charge in [-0.25, -0.2) is 0 Å². The van der Waals surface area contributed by atoms with E-state index in [0.29, 0.717) is 18.4 Å². The SMILES string of the molecule is CNCC(=O)NC1(c2cccc(C(F)(F)F)c2)CCC1.Cl. The average molecular weight is 323 g/mol. The minimum atomic E-state index is -4.37. The molecule has 1 aliphatic rings. The number of hydrogen-bond donors (Lipinski definition) is 2. The minimum Gasteiger partial charge on any atom is -0.345 e. The lowest BCUT2D eigenvalue weighted by Crippen LogP contribution is -2.52. The van der Waals surface area contributed by atoms with Gasteiger partial charge in [0.1, 0.15) is 0 Å². The maximum Gasteiger partial charge on any atom is 0.416 e. The van der Waals surface area contributed by atoms with E-state index in [4.69, 9.17) is 0 Å². The normalized spacial score (nSPS) is 16.6. The molecule has 1 aliphatic carbocycles. The molecule has 1 fully saturated rings. The monoisotopic (exact) mass is 322 g/mol. The summed E-state index contributed by atoms with van der Waals surface area (Å²) in [6, 6.07) is 5.22. The number of hydrogen-bond acceptors (Lipinski definition) is 2. The number of benzene rings is 1. The van der Waals surface area contributed by atoms with Crippen molar-refractivity contribution >= 4 is 18.3 Å². The summed E-state index contributed by atoms with van der Waals surface area (Å²) in [5, 5.41) is 5.59. The van der Waals surface area contributed by atoms with Crippen molar-refractivity contribution in [2.45, 2.75) is 31.0 Å². The highest BCUT2D eigenvalue weighted by molar-refractivity contribution is 5.85. The van der Waals surface area contributed by atoms with Gasteiger partial charge < -0.3 is 10.6 Å². The predicted octanol–water partition coefficient (Wildman–Crippen LogP) is 2.84. The Morgan fingerprint density at radius 2 is 2.00 bits per heavy atom. The van der Waals surface area contributed by atoms with Gasteiger partial charge in [-0.1, -0.05) is 12.1 Å². The van der Waals surface area contributed by atoms with E-state index in [1.807, 2.05) is 0 Å². The van der Waals surface area contributed by atoms with E-state index < -0.39 is 17.3 Å². The fraction of sp³-hybridized carbons (Fsp3) is 0.500. The van der Waals surface area contributed by atoms with Crippen LogP contribution >= 0.6 is 12.4 Å². The molecule has 0 bridgehead atoms. The van der Waals surface area contributed by atoms with Gasteiger partial charge in [-0.05, 0) is 44.0 Å². The molecule has 1 saturated carbocycles. The molecule has 118 valence electrons. The zero-order valence-corrected chi connectivity index (χ0v) is 12.4. The van der Waals surface area contributed by atoms with E-state index in [-0.39, 0.29) is 24.9 Å². The third-order valence-corrected chi connectivity index (χ3v) is 3.67. The fourth-order valence-electron chi connectivity index (χ4n) is 2.48. The maximum absolute atomic E-state index is 12.8. The van der Waals surface area contributed by atoms with Crippen molar-refractivity contribution in [3.8, 4) is 0 Å². The molecule has 0 saturated heterocycles. The molecule has 1 amide bonds. The van der Waals surface area contributed by atoms with Crippen molar-refractivity contribution in [3.63, 3.8) is 0 Å². The van der Waals surface area contributed by atoms with Gasteiger partial charge in [0.15, 0.2) is 0 Å². The molecule has 2 rings (SSSR count). The Balaban J connectivity index is 0.00000220. The second kappa shape index (κ2) is 6.66. The summed E-state index contributed by atoms with van der Waals surface area (Å²) >= 11 is 0. The molecule has 2 N–H and O–H groups in total. The summed E-state index contributed by atoms with van der Waals surface area (Å²) in [5.74, 6) is -0.204. The van der Waals surface area contributed by atoms with Crippen LogP contribution in [-0.2, 0) is 16.5 Å². The lowest BCUT2D eigenvalue weighted by Gasteiger charge is -2.43. The Morgan fingerprint density at radius 3 is 2.48 bits per heavy atom. The first kappa shape index (κ1) is 17.8. The van der Waals surface area contributed by atoms with Crippen LogP contribution in [0.15, 0.2) is 24.3 Å². The van der Waals surface area contributed by atoms with Crippen LogP contribution in [0.5, 0.6) is 0 Å². The van der Waals surface area contributed by atoms with Crippen LogP contribution in [-0.4, -0.2) is 19.5 Å². The minimum absolute atomic E-state index is 0.